The molecule has 5 rings (SSSR count). The molecule has 3 aliphatic carbocycles. The van der Waals surface area contributed by atoms with Gasteiger partial charge in [-0.1, -0.05) is 50.3 Å². The third-order valence-electron chi connectivity index (χ3n) is 8.68. The van der Waals surface area contributed by atoms with E-state index in [1.807, 2.05) is 35.2 Å². The van der Waals surface area contributed by atoms with Crippen molar-refractivity contribution >= 4 is 11.8 Å². The van der Waals surface area contributed by atoms with Crippen molar-refractivity contribution in [3.63, 3.8) is 0 Å². The quantitative estimate of drug-likeness (QED) is 0.513. The van der Waals surface area contributed by atoms with Gasteiger partial charge in [0.25, 0.3) is 0 Å². The molecule has 0 bridgehead atoms. The average molecular weight is 497 g/mol. The average Bonchev–Trinajstić information content (AvgIpc) is 3.55. The Morgan fingerprint density at radius 2 is 1.69 bits per heavy atom. The van der Waals surface area contributed by atoms with Crippen molar-refractivity contribution in [1.82, 2.24) is 10.2 Å². The molecule has 7 heteroatoms. The second kappa shape index (κ2) is 11.3. The van der Waals surface area contributed by atoms with Gasteiger partial charge < -0.3 is 25.2 Å². The van der Waals surface area contributed by atoms with Crippen LogP contribution in [0.15, 0.2) is 35.9 Å². The van der Waals surface area contributed by atoms with Crippen LogP contribution in [0.5, 0.6) is 5.75 Å². The molecule has 196 valence electrons. The highest BCUT2D eigenvalue weighted by Crippen LogP contribution is 2.47. The van der Waals surface area contributed by atoms with Gasteiger partial charge >= 0.3 is 0 Å². The van der Waals surface area contributed by atoms with Crippen molar-refractivity contribution in [1.29, 1.82) is 0 Å². The fraction of sp³-hybridized carbons (Fsp3) is 0.655. The van der Waals surface area contributed by atoms with Crippen molar-refractivity contribution in [3.8, 4) is 5.75 Å². The van der Waals surface area contributed by atoms with Gasteiger partial charge in [0.1, 0.15) is 18.0 Å². The number of ether oxygens (including phenoxy) is 1. The van der Waals surface area contributed by atoms with Crippen LogP contribution >= 0.6 is 0 Å². The second-order valence-corrected chi connectivity index (χ2v) is 11.1. The highest BCUT2D eigenvalue weighted by Gasteiger charge is 2.50. The number of nitrogens with zero attached hydrogens (tertiary/aromatic N) is 1. The predicted molar refractivity (Wildman–Crippen MR) is 136 cm³/mol. The highest BCUT2D eigenvalue weighted by molar-refractivity contribution is 5.96. The van der Waals surface area contributed by atoms with E-state index in [0.29, 0.717) is 36.1 Å². The minimum Gasteiger partial charge on any atom is -0.486 e. The number of carbonyl (C=O) groups is 2. The van der Waals surface area contributed by atoms with Gasteiger partial charge in [0, 0.05) is 30.6 Å². The minimum atomic E-state index is -0.937. The lowest BCUT2D eigenvalue weighted by Crippen LogP contribution is -2.56. The number of aliphatic hydroxyl groups is 2. The maximum Gasteiger partial charge on any atom is 0.247 e. The monoisotopic (exact) mass is 496 g/mol. The summed E-state index contributed by atoms with van der Waals surface area (Å²) in [5.41, 5.74) is 1.39. The Kier molecular flexibility index (Phi) is 7.96. The van der Waals surface area contributed by atoms with Crippen LogP contribution in [-0.2, 0) is 9.59 Å². The molecule has 0 spiro atoms. The van der Waals surface area contributed by atoms with E-state index in [9.17, 15) is 19.8 Å². The zero-order valence-corrected chi connectivity index (χ0v) is 21.1. The number of nitrogens with one attached hydrogen (secondary N) is 1. The zero-order valence-electron chi connectivity index (χ0n) is 21.1. The largest absolute Gasteiger partial charge is 0.486 e. The van der Waals surface area contributed by atoms with Crippen LogP contribution in [0.3, 0.4) is 0 Å². The van der Waals surface area contributed by atoms with Crippen molar-refractivity contribution in [3.05, 3.63) is 41.5 Å². The van der Waals surface area contributed by atoms with E-state index in [0.717, 1.165) is 31.2 Å². The first-order chi connectivity index (χ1) is 17.6. The molecule has 36 heavy (non-hydrogen) atoms. The van der Waals surface area contributed by atoms with Crippen LogP contribution in [-0.4, -0.2) is 64.9 Å². The summed E-state index contributed by atoms with van der Waals surface area (Å²) in [5, 5.41) is 23.7. The van der Waals surface area contributed by atoms with E-state index < -0.39 is 24.2 Å². The van der Waals surface area contributed by atoms with Gasteiger partial charge in [0.2, 0.25) is 11.8 Å². The number of fused-ring (bicyclic) bond motifs is 3. The molecule has 0 aromatic heterocycles. The lowest BCUT2D eigenvalue weighted by molar-refractivity contribution is -0.139. The van der Waals surface area contributed by atoms with Gasteiger partial charge in [0.15, 0.2) is 0 Å². The summed E-state index contributed by atoms with van der Waals surface area (Å²) >= 11 is 0. The zero-order chi connectivity index (χ0) is 25.1. The van der Waals surface area contributed by atoms with Crippen LogP contribution < -0.4 is 10.1 Å². The molecule has 4 atom stereocenters. The molecule has 4 aliphatic rings. The maximum absolute atomic E-state index is 13.8. The van der Waals surface area contributed by atoms with Gasteiger partial charge in [-0.25, -0.2) is 0 Å². The van der Waals surface area contributed by atoms with Crippen LogP contribution in [0.1, 0.15) is 75.7 Å². The summed E-state index contributed by atoms with van der Waals surface area (Å²) in [5.74, 6) is 0.881. The number of hydrogen-bond donors (Lipinski definition) is 3. The number of para-hydroxylation sites is 1. The van der Waals surface area contributed by atoms with E-state index in [1.165, 1.54) is 32.1 Å². The van der Waals surface area contributed by atoms with Crippen molar-refractivity contribution in [2.24, 2.45) is 11.8 Å². The van der Waals surface area contributed by atoms with Crippen LogP contribution in [0, 0.1) is 11.8 Å². The molecular formula is C29H40N2O5. The molecule has 1 aromatic carbocycles. The molecule has 0 unspecified atom stereocenters. The Morgan fingerprint density at radius 3 is 2.44 bits per heavy atom. The number of hydrogen-bond acceptors (Lipinski definition) is 5. The summed E-state index contributed by atoms with van der Waals surface area (Å²) in [6.45, 7) is 0.606. The van der Waals surface area contributed by atoms with Crippen molar-refractivity contribution in [2.45, 2.75) is 88.4 Å². The standard InChI is InChI=1S/C29H40N2O5/c32-15-14-30-29(35)22-17-23(27(34)28-26(22)21-12-6-7-13-24(21)36-28)31(18-20-10-2-1-3-11-20)25(33)16-19-8-4-5-9-19/h6-7,12-13,17,19-20,23,26-28,32,34H,1-5,8-11,14-16,18H2,(H,30,35)/t23-,26+,27+,28+/m1/s1. The summed E-state index contributed by atoms with van der Waals surface area (Å²) in [6, 6.07) is 6.98. The molecular weight excluding hydrogens is 456 g/mol. The van der Waals surface area contributed by atoms with E-state index >= 15 is 0 Å². The number of aliphatic hydroxyl groups excluding tert-OH is 2. The molecule has 0 radical (unpaired) electrons. The van der Waals surface area contributed by atoms with Gasteiger partial charge in [-0.3, -0.25) is 9.59 Å². The Labute approximate surface area is 213 Å². The highest BCUT2D eigenvalue weighted by atomic mass is 16.5. The molecule has 1 aliphatic heterocycles. The fourth-order valence-corrected chi connectivity index (χ4v) is 6.81. The normalized spacial score (nSPS) is 28.1. The SMILES string of the molecule is O=C(NCCO)C1=C[C@@H](N(CC2CCCCC2)C(=O)CC2CCCC2)[C@H](O)[C@H]2Oc3ccccc3[C@@H]12. The Morgan fingerprint density at radius 1 is 1.00 bits per heavy atom. The predicted octanol–water partition coefficient (Wildman–Crippen LogP) is 3.30. The molecule has 2 amide bonds. The van der Waals surface area contributed by atoms with E-state index in [-0.39, 0.29) is 25.0 Å². The number of rotatable bonds is 8. The van der Waals surface area contributed by atoms with Crippen LogP contribution in [0.2, 0.25) is 0 Å². The van der Waals surface area contributed by atoms with Gasteiger partial charge in [-0.2, -0.15) is 0 Å². The Bertz CT molecular complexity index is 966. The molecule has 0 saturated heterocycles. The van der Waals surface area contributed by atoms with Crippen molar-refractivity contribution in [2.75, 3.05) is 19.7 Å². The van der Waals surface area contributed by atoms with E-state index in [2.05, 4.69) is 5.32 Å². The van der Waals surface area contributed by atoms with Crippen LogP contribution in [0.25, 0.3) is 0 Å². The van der Waals surface area contributed by atoms with E-state index in [4.69, 9.17) is 4.74 Å². The van der Waals surface area contributed by atoms with Gasteiger partial charge in [-0.05, 0) is 49.7 Å². The first-order valence-corrected chi connectivity index (χ1v) is 13.9. The number of amides is 2. The van der Waals surface area contributed by atoms with Gasteiger partial charge in [0.05, 0.1) is 18.6 Å². The Hall–Kier alpha value is -2.38. The van der Waals surface area contributed by atoms with Crippen LogP contribution in [0.4, 0.5) is 0 Å². The Balaban J connectivity index is 1.48. The molecule has 2 fully saturated rings. The number of benzene rings is 1. The summed E-state index contributed by atoms with van der Waals surface area (Å²) in [4.78, 5) is 29.0. The second-order valence-electron chi connectivity index (χ2n) is 11.1. The third kappa shape index (κ3) is 5.18. The smallest absolute Gasteiger partial charge is 0.247 e. The molecule has 2 saturated carbocycles. The summed E-state index contributed by atoms with van der Waals surface area (Å²) < 4.78 is 6.23. The first-order valence-electron chi connectivity index (χ1n) is 13.9. The van der Waals surface area contributed by atoms with Crippen molar-refractivity contribution < 1.29 is 24.5 Å². The molecule has 3 N–H and O–H groups in total. The topological polar surface area (TPSA) is 99.1 Å². The lowest BCUT2D eigenvalue weighted by Gasteiger charge is -2.42. The first kappa shape index (κ1) is 25.3. The van der Waals surface area contributed by atoms with Gasteiger partial charge in [-0.15, -0.1) is 0 Å². The maximum atomic E-state index is 13.8. The number of carbonyl (C=O) groups excluding carboxylic acids is 2. The lowest BCUT2D eigenvalue weighted by atomic mass is 9.77. The summed E-state index contributed by atoms with van der Waals surface area (Å²) in [7, 11) is 0. The summed E-state index contributed by atoms with van der Waals surface area (Å²) in [6.07, 6.45) is 11.1. The molecule has 1 aromatic rings. The fourth-order valence-electron chi connectivity index (χ4n) is 6.81. The molecule has 1 heterocycles. The minimum absolute atomic E-state index is 0.0804. The molecule has 7 nitrogen and oxygen atoms in total. The van der Waals surface area contributed by atoms with E-state index in [1.54, 1.807) is 0 Å². The third-order valence-corrected chi connectivity index (χ3v) is 8.68.